The maximum Gasteiger partial charge on any atom is 0.0899 e. The van der Waals surface area contributed by atoms with Gasteiger partial charge in [-0.2, -0.15) is 0 Å². The molecule has 0 aliphatic rings. The van der Waals surface area contributed by atoms with Gasteiger partial charge < -0.3 is 10.5 Å². The van der Waals surface area contributed by atoms with Gasteiger partial charge in [-0.3, -0.25) is 4.90 Å². The normalized spacial score (nSPS) is 14.4. The van der Waals surface area contributed by atoms with Gasteiger partial charge in [0.2, 0.25) is 0 Å². The molecule has 0 aromatic carbocycles. The third kappa shape index (κ3) is 6.29. The van der Waals surface area contributed by atoms with Crippen molar-refractivity contribution in [2.45, 2.75) is 39.3 Å². The predicted octanol–water partition coefficient (Wildman–Crippen LogP) is 1.41. The molecule has 0 saturated carbocycles. The zero-order chi connectivity index (χ0) is 11.4. The lowest BCUT2D eigenvalue weighted by molar-refractivity contribution is -0.0117. The largest absolute Gasteiger partial charge is 0.392 e. The van der Waals surface area contributed by atoms with Crippen molar-refractivity contribution in [3.63, 3.8) is 0 Å². The number of nitrogens with two attached hydrogens (primary N) is 1. The van der Waals surface area contributed by atoms with E-state index >= 15 is 0 Å². The topological polar surface area (TPSA) is 38.5 Å². The van der Waals surface area contributed by atoms with Crippen LogP contribution in [0.3, 0.4) is 0 Å². The molecule has 0 aliphatic carbocycles. The molecule has 0 saturated heterocycles. The van der Waals surface area contributed by atoms with Gasteiger partial charge >= 0.3 is 0 Å². The van der Waals surface area contributed by atoms with E-state index in [0.717, 1.165) is 6.54 Å². The smallest absolute Gasteiger partial charge is 0.0899 e. The lowest BCUT2D eigenvalue weighted by Crippen LogP contribution is -2.41. The maximum absolute atomic E-state index is 5.60. The molecule has 0 fully saturated rings. The molecule has 1 unspecified atom stereocenters. The fourth-order valence-corrected chi connectivity index (χ4v) is 1.09. The molecule has 0 rings (SSSR count). The van der Waals surface area contributed by atoms with Crippen molar-refractivity contribution in [1.29, 1.82) is 0 Å². The van der Waals surface area contributed by atoms with Crippen molar-refractivity contribution in [3.05, 3.63) is 0 Å². The number of ether oxygens (including phenoxy) is 1. The summed E-state index contributed by atoms with van der Waals surface area (Å²) in [5.41, 5.74) is 5.47. The van der Waals surface area contributed by atoms with Gasteiger partial charge in [0.15, 0.2) is 0 Å². The van der Waals surface area contributed by atoms with E-state index in [0.29, 0.717) is 11.6 Å². The average molecular weight is 218 g/mol. The number of thiocarbonyl (C=S) groups is 1. The van der Waals surface area contributed by atoms with E-state index in [1.807, 2.05) is 34.7 Å². The molecule has 0 radical (unpaired) electrons. The van der Waals surface area contributed by atoms with Crippen LogP contribution in [0, 0.1) is 0 Å². The number of rotatable bonds is 5. The third-order valence-corrected chi connectivity index (χ3v) is 2.39. The van der Waals surface area contributed by atoms with E-state index in [1.54, 1.807) is 0 Å². The van der Waals surface area contributed by atoms with Crippen LogP contribution in [0.4, 0.5) is 0 Å². The first-order chi connectivity index (χ1) is 6.24. The van der Waals surface area contributed by atoms with Crippen molar-refractivity contribution in [2.24, 2.45) is 5.73 Å². The van der Waals surface area contributed by atoms with Crippen LogP contribution in [0.1, 0.15) is 27.7 Å². The Labute approximate surface area is 92.6 Å². The summed E-state index contributed by atoms with van der Waals surface area (Å²) in [7, 11) is 2.00. The van der Waals surface area contributed by atoms with E-state index < -0.39 is 0 Å². The lowest BCUT2D eigenvalue weighted by Gasteiger charge is -2.26. The molecule has 0 aromatic rings. The van der Waals surface area contributed by atoms with Crippen LogP contribution >= 0.6 is 12.2 Å². The second-order valence-corrected chi connectivity index (χ2v) is 4.99. The Morgan fingerprint density at radius 1 is 1.50 bits per heavy atom. The van der Waals surface area contributed by atoms with Crippen LogP contribution in [0.25, 0.3) is 0 Å². The highest BCUT2D eigenvalue weighted by Gasteiger charge is 2.13. The molecular formula is C10H22N2OS. The SMILES string of the molecule is CC(C(N)=S)N(C)CCOC(C)(C)C. The van der Waals surface area contributed by atoms with Crippen LogP contribution in [0.2, 0.25) is 0 Å². The molecule has 0 heterocycles. The fraction of sp³-hybridized carbons (Fsp3) is 0.900. The molecule has 0 bridgehead atoms. The molecule has 14 heavy (non-hydrogen) atoms. The van der Waals surface area contributed by atoms with Crippen LogP contribution in [-0.4, -0.2) is 41.7 Å². The number of hydrogen-bond acceptors (Lipinski definition) is 3. The fourth-order valence-electron chi connectivity index (χ4n) is 0.907. The first kappa shape index (κ1) is 13.8. The summed E-state index contributed by atoms with van der Waals surface area (Å²) in [5, 5.41) is 0. The monoisotopic (exact) mass is 218 g/mol. The van der Waals surface area contributed by atoms with Gasteiger partial charge in [-0.15, -0.1) is 0 Å². The van der Waals surface area contributed by atoms with Crippen molar-refractivity contribution in [3.8, 4) is 0 Å². The Balaban J connectivity index is 3.75. The van der Waals surface area contributed by atoms with Gasteiger partial charge in [0.25, 0.3) is 0 Å². The molecule has 3 nitrogen and oxygen atoms in total. The molecule has 1 atom stereocenters. The molecular weight excluding hydrogens is 196 g/mol. The molecule has 84 valence electrons. The van der Waals surface area contributed by atoms with Crippen molar-refractivity contribution in [1.82, 2.24) is 4.90 Å². The number of hydrogen-bond donors (Lipinski definition) is 1. The minimum atomic E-state index is -0.0761. The summed E-state index contributed by atoms with van der Waals surface area (Å²) < 4.78 is 5.60. The van der Waals surface area contributed by atoms with Gasteiger partial charge in [-0.1, -0.05) is 12.2 Å². The zero-order valence-electron chi connectivity index (χ0n) is 9.83. The maximum atomic E-state index is 5.60. The van der Waals surface area contributed by atoms with E-state index in [1.165, 1.54) is 0 Å². The highest BCUT2D eigenvalue weighted by molar-refractivity contribution is 7.80. The van der Waals surface area contributed by atoms with Gasteiger partial charge in [0.05, 0.1) is 23.2 Å². The zero-order valence-corrected chi connectivity index (χ0v) is 10.6. The first-order valence-corrected chi connectivity index (χ1v) is 5.28. The standard InChI is InChI=1S/C10H22N2OS/c1-8(9(11)14)12(5)6-7-13-10(2,3)4/h8H,6-7H2,1-5H3,(H2,11,14). The van der Waals surface area contributed by atoms with Gasteiger partial charge in [0.1, 0.15) is 0 Å². The van der Waals surface area contributed by atoms with Crippen molar-refractivity contribution >= 4 is 17.2 Å². The highest BCUT2D eigenvalue weighted by Crippen LogP contribution is 2.06. The summed E-state index contributed by atoms with van der Waals surface area (Å²) in [4.78, 5) is 2.62. The van der Waals surface area contributed by atoms with Crippen LogP contribution in [0.15, 0.2) is 0 Å². The molecule has 0 amide bonds. The minimum absolute atomic E-state index is 0.0761. The van der Waals surface area contributed by atoms with Gasteiger partial charge in [0, 0.05) is 6.54 Å². The van der Waals surface area contributed by atoms with E-state index in [2.05, 4.69) is 4.90 Å². The van der Waals surface area contributed by atoms with Gasteiger partial charge in [-0.25, -0.2) is 0 Å². The second kappa shape index (κ2) is 5.63. The summed E-state index contributed by atoms with van der Waals surface area (Å²) in [6, 6.07) is 0.133. The van der Waals surface area contributed by atoms with Crippen LogP contribution in [-0.2, 0) is 4.74 Å². The van der Waals surface area contributed by atoms with E-state index in [9.17, 15) is 0 Å². The Kier molecular flexibility index (Phi) is 5.56. The first-order valence-electron chi connectivity index (χ1n) is 4.87. The molecule has 4 heteroatoms. The predicted molar refractivity (Wildman–Crippen MR) is 64.6 cm³/mol. The molecule has 0 aromatic heterocycles. The van der Waals surface area contributed by atoms with Crippen LogP contribution < -0.4 is 5.73 Å². The Hall–Kier alpha value is -0.190. The average Bonchev–Trinajstić information content (AvgIpc) is 2.00. The molecule has 0 spiro atoms. The summed E-state index contributed by atoms with van der Waals surface area (Å²) in [6.45, 7) is 9.68. The van der Waals surface area contributed by atoms with E-state index in [-0.39, 0.29) is 11.6 Å². The number of likely N-dealkylation sites (N-methyl/N-ethyl adjacent to an activating group) is 1. The lowest BCUT2D eigenvalue weighted by atomic mass is 10.2. The summed E-state index contributed by atoms with van der Waals surface area (Å²) in [5.74, 6) is 0. The summed E-state index contributed by atoms with van der Waals surface area (Å²) >= 11 is 4.91. The number of nitrogens with zero attached hydrogens (tertiary/aromatic N) is 1. The van der Waals surface area contributed by atoms with Crippen molar-refractivity contribution in [2.75, 3.05) is 20.2 Å². The molecule has 0 aliphatic heterocycles. The quantitative estimate of drug-likeness (QED) is 0.708. The van der Waals surface area contributed by atoms with Gasteiger partial charge in [-0.05, 0) is 34.7 Å². The Morgan fingerprint density at radius 3 is 2.36 bits per heavy atom. The Bertz CT molecular complexity index is 189. The Morgan fingerprint density at radius 2 is 2.00 bits per heavy atom. The molecule has 2 N–H and O–H groups in total. The summed E-state index contributed by atoms with van der Waals surface area (Å²) in [6.07, 6.45) is 0. The van der Waals surface area contributed by atoms with Crippen molar-refractivity contribution < 1.29 is 4.74 Å². The highest BCUT2D eigenvalue weighted by atomic mass is 32.1. The van der Waals surface area contributed by atoms with Crippen LogP contribution in [0.5, 0.6) is 0 Å². The second-order valence-electron chi connectivity index (χ2n) is 4.52. The third-order valence-electron chi connectivity index (χ3n) is 2.05. The van der Waals surface area contributed by atoms with E-state index in [4.69, 9.17) is 22.7 Å². The minimum Gasteiger partial charge on any atom is -0.392 e.